The van der Waals surface area contributed by atoms with Crippen molar-refractivity contribution >= 4 is 46.6 Å². The van der Waals surface area contributed by atoms with Crippen LogP contribution < -0.4 is 10.6 Å². The molecule has 30 nitrogen and oxygen atoms in total. The van der Waals surface area contributed by atoms with Crippen molar-refractivity contribution in [2.45, 2.75) is 345 Å². The number of aliphatic hydroxyl groups excluding tert-OH is 11. The van der Waals surface area contributed by atoms with Gasteiger partial charge in [-0.05, 0) is 96.3 Å². The molecule has 658 valence electrons. The summed E-state index contributed by atoms with van der Waals surface area (Å²) in [5.41, 5.74) is -0.681. The van der Waals surface area contributed by atoms with E-state index < -0.39 is 104 Å². The molecule has 1 aliphatic carbocycles. The van der Waals surface area contributed by atoms with Crippen LogP contribution in [0.1, 0.15) is 266 Å². The second kappa shape index (κ2) is 61.3. The molecule has 13 N–H and O–H groups in total. The molecule has 0 radical (unpaired) electrons. The van der Waals surface area contributed by atoms with Crippen molar-refractivity contribution in [1.29, 1.82) is 0 Å². The van der Waals surface area contributed by atoms with E-state index in [0.717, 1.165) is 51.4 Å². The number of ether oxygens (including phenoxy) is 8. The highest BCUT2D eigenvalue weighted by Crippen LogP contribution is 2.33. The van der Waals surface area contributed by atoms with Gasteiger partial charge in [-0.25, -0.2) is 0 Å². The lowest BCUT2D eigenvalue weighted by Gasteiger charge is -2.40. The van der Waals surface area contributed by atoms with Crippen LogP contribution in [0.5, 0.6) is 0 Å². The first-order valence-corrected chi connectivity index (χ1v) is 42.7. The average Bonchev–Trinajstić information content (AvgIpc) is 1.61. The van der Waals surface area contributed by atoms with Crippen LogP contribution in [0, 0.1) is 29.1 Å². The number of Topliss-reactive ketones (excluding diaryl/α,β-unsaturated/α-hetero) is 5. The summed E-state index contributed by atoms with van der Waals surface area (Å²) in [6.07, 6.45) is 12.6. The third-order valence-corrected chi connectivity index (χ3v) is 22.1. The van der Waals surface area contributed by atoms with E-state index in [0.29, 0.717) is 173 Å². The van der Waals surface area contributed by atoms with Crippen LogP contribution in [0.25, 0.3) is 0 Å². The first-order valence-electron chi connectivity index (χ1n) is 42.7. The fraction of sp³-hybridized carbons (Fsp3) is 0.904. The number of nitrogens with zero attached hydrogens (tertiary/aromatic N) is 1. The van der Waals surface area contributed by atoms with Crippen molar-refractivity contribution in [3.8, 4) is 0 Å². The summed E-state index contributed by atoms with van der Waals surface area (Å²) in [5, 5.41) is 114. The average molecular weight is 1620 g/mol. The summed E-state index contributed by atoms with van der Waals surface area (Å²) < 4.78 is 46.5. The molecular weight excluding hydrogens is 1470 g/mol. The highest BCUT2D eigenvalue weighted by atomic mass is 16.7. The molecule has 0 aromatic rings. The monoisotopic (exact) mass is 1620 g/mol. The Labute approximate surface area is 671 Å². The van der Waals surface area contributed by atoms with Gasteiger partial charge in [0, 0.05) is 159 Å². The summed E-state index contributed by atoms with van der Waals surface area (Å²) >= 11 is 0. The van der Waals surface area contributed by atoms with E-state index in [2.05, 4.69) is 10.6 Å². The second-order valence-corrected chi connectivity index (χ2v) is 32.2. The predicted molar refractivity (Wildman–Crippen MR) is 419 cm³/mol. The molecule has 30 heteroatoms. The summed E-state index contributed by atoms with van der Waals surface area (Å²) in [4.78, 5) is 101. The molecule has 4 fully saturated rings. The number of hydrogen-bond donors (Lipinski definition) is 13. The van der Waals surface area contributed by atoms with Crippen LogP contribution in [-0.2, 0) is 76.3 Å². The van der Waals surface area contributed by atoms with Crippen molar-refractivity contribution in [3.63, 3.8) is 0 Å². The Bertz CT molecular complexity index is 2380. The van der Waals surface area contributed by atoms with Crippen LogP contribution in [0.4, 0.5) is 0 Å². The van der Waals surface area contributed by atoms with Gasteiger partial charge in [0.25, 0.3) is 0 Å². The molecule has 18 atom stereocenters. The maximum absolute atomic E-state index is 12.8. The zero-order chi connectivity index (χ0) is 83.4. The van der Waals surface area contributed by atoms with Gasteiger partial charge in [0.2, 0.25) is 17.7 Å². The molecule has 113 heavy (non-hydrogen) atoms. The number of nitrogens with one attached hydrogen (secondary N) is 2. The van der Waals surface area contributed by atoms with E-state index >= 15 is 0 Å². The SMILES string of the molecule is CC1C(OCCCCC(=O)CCCCCC(=O)CCOCC(C)(COCCC(=O)CCCCCC(=O)CCCCOC2OC(CO)C(O)C(O)C2C)COCCC(=O)NCCCNC(=O)CCCCOC2OC(CO)C(O)C(O)C2C)CC(CO)C(O)C1O.CCC(=O)CCCCCCCCCCC(=O)N1C[C@H](O)C[C@H]1CO. The van der Waals surface area contributed by atoms with Gasteiger partial charge < -0.3 is 110 Å². The number of β-amino-alcohol motifs (C(OH)–C–C–N with tert-alkyl or cyclic N) is 1. The molecular formula is C83H149N3O27. The fourth-order valence-corrected chi connectivity index (χ4v) is 14.4. The van der Waals surface area contributed by atoms with Crippen molar-refractivity contribution in [2.75, 3.05) is 106 Å². The zero-order valence-corrected chi connectivity index (χ0v) is 69.0. The summed E-state index contributed by atoms with van der Waals surface area (Å²) in [5.74, 6) is -1.21. The Hall–Kier alpha value is -4.00. The first-order chi connectivity index (χ1) is 54.2. The van der Waals surface area contributed by atoms with Gasteiger partial charge in [0.05, 0.1) is 102 Å². The molecule has 0 aromatic heterocycles. The Morgan fingerprint density at radius 1 is 0.389 bits per heavy atom. The molecule has 4 aliphatic rings. The molecule has 3 amide bonds. The van der Waals surface area contributed by atoms with E-state index in [-0.39, 0.29) is 144 Å². The molecule has 3 saturated heterocycles. The van der Waals surface area contributed by atoms with Crippen molar-refractivity contribution in [1.82, 2.24) is 15.5 Å². The van der Waals surface area contributed by atoms with Gasteiger partial charge in [0.1, 0.15) is 53.3 Å². The van der Waals surface area contributed by atoms with Crippen molar-refractivity contribution in [2.24, 2.45) is 29.1 Å². The molecule has 16 unspecified atom stereocenters. The molecule has 3 aliphatic heterocycles. The van der Waals surface area contributed by atoms with E-state index in [1.165, 1.54) is 19.3 Å². The van der Waals surface area contributed by atoms with Gasteiger partial charge in [-0.3, -0.25) is 38.4 Å². The van der Waals surface area contributed by atoms with E-state index in [9.17, 15) is 94.5 Å². The standard InChI is InChI=1S/C64H114N2O23.C19H35NO4/c1-43-51(36-46(37-67)59(79)56(43)76)85-30-14-11-22-47(70)18-7-5-9-20-49(72)25-33-82-40-64(4,41-83-34-26-50(73)21-10-6-8-19-48(71)23-12-15-31-86-62-44(2)57(77)60(80)52(38-68)88-62)42-84-35-27-55(75)66-29-17-28-65-54(74)24-13-16-32-87-63-45(3)58(78)61(81)53(39-69)89-63;1-2-17(22)11-9-7-5-3-4-6-8-10-12-19(24)20-14-18(23)13-16(20)15-21/h43-46,51-53,56-63,67-69,76-81H,5-42H2,1-4H3,(H,65,74)(H,66,75);16,18,21,23H,2-15H2,1H3/t;16-,18+/m.0/s1. The zero-order valence-electron chi connectivity index (χ0n) is 69.0. The second-order valence-electron chi connectivity index (χ2n) is 32.2. The van der Waals surface area contributed by atoms with E-state index in [1.807, 2.05) is 20.8 Å². The van der Waals surface area contributed by atoms with Gasteiger partial charge in [-0.1, -0.05) is 86.0 Å². The van der Waals surface area contributed by atoms with Crippen LogP contribution >= 0.6 is 0 Å². The van der Waals surface area contributed by atoms with Crippen molar-refractivity contribution < 1.29 is 132 Å². The smallest absolute Gasteiger partial charge is 0.222 e. The predicted octanol–water partition coefficient (Wildman–Crippen LogP) is 5.28. The summed E-state index contributed by atoms with van der Waals surface area (Å²) in [7, 11) is 0. The lowest BCUT2D eigenvalue weighted by atomic mass is 9.77. The van der Waals surface area contributed by atoms with Gasteiger partial charge >= 0.3 is 0 Å². The molecule has 0 aromatic carbocycles. The summed E-state index contributed by atoms with van der Waals surface area (Å²) in [6, 6.07) is -0.202. The lowest BCUT2D eigenvalue weighted by molar-refractivity contribution is -0.282. The maximum Gasteiger partial charge on any atom is 0.222 e. The van der Waals surface area contributed by atoms with Crippen LogP contribution in [-0.4, -0.2) is 293 Å². The van der Waals surface area contributed by atoms with Crippen LogP contribution in [0.2, 0.25) is 0 Å². The topological polar surface area (TPSA) is 460 Å². The van der Waals surface area contributed by atoms with E-state index in [4.69, 9.17) is 37.9 Å². The Balaban J connectivity index is 0.00000117. The van der Waals surface area contributed by atoms with E-state index in [1.54, 1.807) is 18.7 Å². The fourth-order valence-electron chi connectivity index (χ4n) is 14.4. The number of aliphatic hydroxyl groups is 11. The molecule has 0 spiro atoms. The van der Waals surface area contributed by atoms with Gasteiger partial charge in [-0.15, -0.1) is 0 Å². The lowest BCUT2D eigenvalue weighted by Crippen LogP contribution is -2.55. The minimum Gasteiger partial charge on any atom is -0.396 e. The number of rotatable bonds is 65. The Kier molecular flexibility index (Phi) is 56.0. The Morgan fingerprint density at radius 2 is 0.761 bits per heavy atom. The maximum atomic E-state index is 12.8. The van der Waals surface area contributed by atoms with Gasteiger partial charge in [-0.2, -0.15) is 0 Å². The van der Waals surface area contributed by atoms with Crippen LogP contribution in [0.3, 0.4) is 0 Å². The minimum absolute atomic E-state index is 0.0441. The quantitative estimate of drug-likeness (QED) is 0.0344. The number of amides is 3. The van der Waals surface area contributed by atoms with Crippen LogP contribution in [0.15, 0.2) is 0 Å². The highest BCUT2D eigenvalue weighted by Gasteiger charge is 2.45. The number of carbonyl (C=O) groups is 8. The molecule has 0 bridgehead atoms. The molecule has 1 saturated carbocycles. The third kappa shape index (κ3) is 43.5. The highest BCUT2D eigenvalue weighted by molar-refractivity contribution is 5.80. The molecule has 3 heterocycles. The summed E-state index contributed by atoms with van der Waals surface area (Å²) in [6.45, 7) is 11.0. The number of likely N-dealkylation sites (tertiary alicyclic amines) is 1. The molecule has 4 rings (SSSR count). The minimum atomic E-state index is -1.20. The Morgan fingerprint density at radius 3 is 1.19 bits per heavy atom. The van der Waals surface area contributed by atoms with Crippen molar-refractivity contribution in [3.05, 3.63) is 0 Å². The first kappa shape index (κ1) is 103. The van der Waals surface area contributed by atoms with Gasteiger partial charge in [0.15, 0.2) is 12.6 Å². The number of carbonyl (C=O) groups excluding carboxylic acids is 8. The normalized spacial score (nSPS) is 26.3. The number of ketones is 5. The number of unbranched alkanes of at least 4 members (excludes halogenated alkanes) is 14. The third-order valence-electron chi connectivity index (χ3n) is 22.1. The largest absolute Gasteiger partial charge is 0.396 e. The number of hydrogen-bond acceptors (Lipinski definition) is 27.